The normalized spacial score (nSPS) is 11.9. The number of nitro groups is 1. The summed E-state index contributed by atoms with van der Waals surface area (Å²) in [5.74, 6) is 0.396. The van der Waals surface area contributed by atoms with Gasteiger partial charge in [-0.2, -0.15) is 0 Å². The standard InChI is InChI=1S/C13H21N3O4S/c1-10(2)7-8-15(4)21(19,20)11-5-6-13(16(17)18)12(9-11)14-3/h5-6,9-10,14H,7-8H2,1-4H3. The summed E-state index contributed by atoms with van der Waals surface area (Å²) in [4.78, 5) is 10.4. The minimum Gasteiger partial charge on any atom is -0.383 e. The van der Waals surface area contributed by atoms with Gasteiger partial charge in [-0.05, 0) is 24.5 Å². The van der Waals surface area contributed by atoms with Gasteiger partial charge in [0.05, 0.1) is 9.82 Å². The molecule has 1 aromatic rings. The number of nitrogens with zero attached hydrogens (tertiary/aromatic N) is 2. The molecule has 0 saturated heterocycles. The molecule has 118 valence electrons. The molecule has 8 heteroatoms. The maximum atomic E-state index is 12.4. The van der Waals surface area contributed by atoms with Crippen molar-refractivity contribution < 1.29 is 13.3 Å². The Bertz CT molecular complexity index is 614. The number of sulfonamides is 1. The molecule has 0 aliphatic heterocycles. The molecule has 7 nitrogen and oxygen atoms in total. The first-order valence-corrected chi connectivity index (χ1v) is 8.06. The molecule has 1 N–H and O–H groups in total. The minimum atomic E-state index is -3.64. The van der Waals surface area contributed by atoms with E-state index in [4.69, 9.17) is 0 Å². The van der Waals surface area contributed by atoms with Crippen molar-refractivity contribution in [1.82, 2.24) is 4.31 Å². The third-order valence-corrected chi connectivity index (χ3v) is 5.02. The molecule has 0 aromatic heterocycles. The molecule has 0 radical (unpaired) electrons. The van der Waals surface area contributed by atoms with Crippen molar-refractivity contribution >= 4 is 21.4 Å². The Morgan fingerprint density at radius 3 is 2.48 bits per heavy atom. The molecule has 0 heterocycles. The van der Waals surface area contributed by atoms with Crippen molar-refractivity contribution in [2.24, 2.45) is 5.92 Å². The number of anilines is 1. The largest absolute Gasteiger partial charge is 0.383 e. The highest BCUT2D eigenvalue weighted by molar-refractivity contribution is 7.89. The van der Waals surface area contributed by atoms with Crippen LogP contribution in [0.15, 0.2) is 23.1 Å². The van der Waals surface area contributed by atoms with Crippen LogP contribution < -0.4 is 5.32 Å². The van der Waals surface area contributed by atoms with Gasteiger partial charge in [0.15, 0.2) is 0 Å². The van der Waals surface area contributed by atoms with Gasteiger partial charge >= 0.3 is 0 Å². The highest BCUT2D eigenvalue weighted by atomic mass is 32.2. The summed E-state index contributed by atoms with van der Waals surface area (Å²) in [7, 11) is -0.612. The average molecular weight is 315 g/mol. The van der Waals surface area contributed by atoms with Crippen LogP contribution in [0.4, 0.5) is 11.4 Å². The van der Waals surface area contributed by atoms with E-state index in [2.05, 4.69) is 5.32 Å². The van der Waals surface area contributed by atoms with E-state index in [-0.39, 0.29) is 16.3 Å². The molecule has 0 bridgehead atoms. The first-order chi connectivity index (χ1) is 9.70. The molecule has 0 unspecified atom stereocenters. The zero-order valence-corrected chi connectivity index (χ0v) is 13.5. The third-order valence-electron chi connectivity index (χ3n) is 3.16. The Morgan fingerprint density at radius 1 is 1.38 bits per heavy atom. The summed E-state index contributed by atoms with van der Waals surface area (Å²) >= 11 is 0. The first kappa shape index (κ1) is 17.4. The molecular weight excluding hydrogens is 294 g/mol. The van der Waals surface area contributed by atoms with Gasteiger partial charge in [0.1, 0.15) is 5.69 Å². The second kappa shape index (κ2) is 6.86. The quantitative estimate of drug-likeness (QED) is 0.615. The van der Waals surface area contributed by atoms with Crippen molar-refractivity contribution in [3.05, 3.63) is 28.3 Å². The molecule has 21 heavy (non-hydrogen) atoms. The van der Waals surface area contributed by atoms with Crippen LogP contribution >= 0.6 is 0 Å². The van der Waals surface area contributed by atoms with Crippen molar-refractivity contribution in [3.8, 4) is 0 Å². The minimum absolute atomic E-state index is 0.0451. The van der Waals surface area contributed by atoms with Gasteiger partial charge in [-0.25, -0.2) is 12.7 Å². The predicted molar refractivity (Wildman–Crippen MR) is 81.9 cm³/mol. The van der Waals surface area contributed by atoms with Crippen molar-refractivity contribution in [1.29, 1.82) is 0 Å². The first-order valence-electron chi connectivity index (χ1n) is 6.62. The van der Waals surface area contributed by atoms with Gasteiger partial charge < -0.3 is 5.32 Å². The van der Waals surface area contributed by atoms with Crippen LogP contribution in [0.25, 0.3) is 0 Å². The Hall–Kier alpha value is -1.67. The van der Waals surface area contributed by atoms with Gasteiger partial charge in [-0.1, -0.05) is 13.8 Å². The van der Waals surface area contributed by atoms with E-state index in [0.717, 1.165) is 6.42 Å². The van der Waals surface area contributed by atoms with Crippen LogP contribution in [0.2, 0.25) is 0 Å². The summed E-state index contributed by atoms with van der Waals surface area (Å²) in [5, 5.41) is 13.5. The van der Waals surface area contributed by atoms with Crippen molar-refractivity contribution in [2.75, 3.05) is 26.0 Å². The lowest BCUT2D eigenvalue weighted by atomic mass is 10.1. The fraction of sp³-hybridized carbons (Fsp3) is 0.538. The molecule has 0 spiro atoms. The van der Waals surface area contributed by atoms with Crippen LogP contribution in [0.5, 0.6) is 0 Å². The fourth-order valence-electron chi connectivity index (χ4n) is 1.78. The molecule has 0 saturated carbocycles. The summed E-state index contributed by atoms with van der Waals surface area (Å²) < 4.78 is 26.1. The maximum Gasteiger partial charge on any atom is 0.292 e. The van der Waals surface area contributed by atoms with Crippen molar-refractivity contribution in [2.45, 2.75) is 25.2 Å². The monoisotopic (exact) mass is 315 g/mol. The summed E-state index contributed by atoms with van der Waals surface area (Å²) in [6, 6.07) is 3.76. The maximum absolute atomic E-state index is 12.4. The number of hydrogen-bond donors (Lipinski definition) is 1. The zero-order valence-electron chi connectivity index (χ0n) is 12.7. The van der Waals surface area contributed by atoms with E-state index in [1.54, 1.807) is 0 Å². The van der Waals surface area contributed by atoms with E-state index < -0.39 is 14.9 Å². The molecule has 1 rings (SSSR count). The summed E-state index contributed by atoms with van der Waals surface area (Å²) in [5.41, 5.74) is 0.0274. The molecule has 0 aliphatic carbocycles. The molecule has 0 atom stereocenters. The van der Waals surface area contributed by atoms with E-state index >= 15 is 0 Å². The fourth-order valence-corrected chi connectivity index (χ4v) is 2.99. The molecule has 1 aromatic carbocycles. The third kappa shape index (κ3) is 4.15. The number of rotatable bonds is 7. The van der Waals surface area contributed by atoms with Gasteiger partial charge in [0.25, 0.3) is 5.69 Å². The van der Waals surface area contributed by atoms with Gasteiger partial charge in [0.2, 0.25) is 10.0 Å². The topological polar surface area (TPSA) is 92.6 Å². The lowest BCUT2D eigenvalue weighted by Crippen LogP contribution is -2.28. The van der Waals surface area contributed by atoms with Gasteiger partial charge in [0, 0.05) is 26.7 Å². The SMILES string of the molecule is CNc1cc(S(=O)(=O)N(C)CCC(C)C)ccc1[N+](=O)[O-]. The summed E-state index contributed by atoms with van der Waals surface area (Å²) in [6.07, 6.45) is 0.752. The number of benzene rings is 1. The van der Waals surface area contributed by atoms with Gasteiger partial charge in [-0.3, -0.25) is 10.1 Å². The Kier molecular flexibility index (Phi) is 5.68. The lowest BCUT2D eigenvalue weighted by Gasteiger charge is -2.18. The zero-order chi connectivity index (χ0) is 16.2. The van der Waals surface area contributed by atoms with E-state index in [9.17, 15) is 18.5 Å². The van der Waals surface area contributed by atoms with Crippen LogP contribution in [0.3, 0.4) is 0 Å². The van der Waals surface area contributed by atoms with Crippen LogP contribution in [-0.2, 0) is 10.0 Å². The number of nitro benzene ring substituents is 1. The highest BCUT2D eigenvalue weighted by Gasteiger charge is 2.23. The Morgan fingerprint density at radius 2 is 2.00 bits per heavy atom. The number of hydrogen-bond acceptors (Lipinski definition) is 5. The van der Waals surface area contributed by atoms with Gasteiger partial charge in [-0.15, -0.1) is 0 Å². The molecular formula is C13H21N3O4S. The average Bonchev–Trinajstić information content (AvgIpc) is 2.43. The lowest BCUT2D eigenvalue weighted by molar-refractivity contribution is -0.384. The van der Waals surface area contributed by atoms with Crippen LogP contribution in [0.1, 0.15) is 20.3 Å². The van der Waals surface area contributed by atoms with Crippen LogP contribution in [0, 0.1) is 16.0 Å². The molecule has 0 amide bonds. The Balaban J connectivity index is 3.11. The molecule has 0 aliphatic rings. The second-order valence-electron chi connectivity index (χ2n) is 5.20. The highest BCUT2D eigenvalue weighted by Crippen LogP contribution is 2.28. The van der Waals surface area contributed by atoms with E-state index in [0.29, 0.717) is 12.5 Å². The smallest absolute Gasteiger partial charge is 0.292 e. The molecule has 0 fully saturated rings. The van der Waals surface area contributed by atoms with E-state index in [1.807, 2.05) is 13.8 Å². The van der Waals surface area contributed by atoms with Crippen molar-refractivity contribution in [3.63, 3.8) is 0 Å². The Labute approximate surface area is 125 Å². The van der Waals surface area contributed by atoms with E-state index in [1.165, 1.54) is 36.6 Å². The second-order valence-corrected chi connectivity index (χ2v) is 7.24. The summed E-state index contributed by atoms with van der Waals surface area (Å²) in [6.45, 7) is 4.45. The number of nitrogens with one attached hydrogen (secondary N) is 1. The van der Waals surface area contributed by atoms with Crippen LogP contribution in [-0.4, -0.2) is 38.3 Å². The predicted octanol–water partition coefficient (Wildman–Crippen LogP) is 2.30.